The van der Waals surface area contributed by atoms with E-state index in [0.717, 1.165) is 5.52 Å². The second-order valence-corrected chi connectivity index (χ2v) is 4.76. The van der Waals surface area contributed by atoms with Crippen molar-refractivity contribution in [3.8, 4) is 0 Å². The van der Waals surface area contributed by atoms with Crippen LogP contribution in [0.5, 0.6) is 0 Å². The summed E-state index contributed by atoms with van der Waals surface area (Å²) in [6.45, 7) is 0.332. The first-order valence-corrected chi connectivity index (χ1v) is 6.40. The van der Waals surface area contributed by atoms with Crippen molar-refractivity contribution in [2.45, 2.75) is 6.54 Å². The number of aromatic nitrogens is 3. The van der Waals surface area contributed by atoms with Crippen LogP contribution in [0, 0.1) is 0 Å². The third-order valence-corrected chi connectivity index (χ3v) is 3.50. The summed E-state index contributed by atoms with van der Waals surface area (Å²) in [5.74, 6) is -1.01. The van der Waals surface area contributed by atoms with E-state index in [0.29, 0.717) is 17.6 Å². The molecule has 0 aliphatic carbocycles. The number of carbonyl (C=O) groups is 1. The highest BCUT2D eigenvalue weighted by molar-refractivity contribution is 5.88. The average Bonchev–Trinajstić information content (AvgIpc) is 2.84. The van der Waals surface area contributed by atoms with Gasteiger partial charge in [0.2, 0.25) is 0 Å². The normalized spacial score (nSPS) is 10.9. The average molecular weight is 283 g/mol. The lowest BCUT2D eigenvalue weighted by molar-refractivity contribution is 0.0695. The van der Waals surface area contributed by atoms with Gasteiger partial charge in [-0.3, -0.25) is 9.48 Å². The number of benzene rings is 1. The molecule has 0 atom stereocenters. The Labute approximate surface area is 119 Å². The summed E-state index contributed by atoms with van der Waals surface area (Å²) in [6.07, 6.45) is 3.01. The number of para-hydroxylation sites is 1. The lowest BCUT2D eigenvalue weighted by atomic mass is 10.2. The zero-order valence-electron chi connectivity index (χ0n) is 11.4. The maximum Gasteiger partial charge on any atom is 0.339 e. The van der Waals surface area contributed by atoms with Crippen molar-refractivity contribution >= 4 is 16.9 Å². The third-order valence-electron chi connectivity index (χ3n) is 3.50. The molecule has 0 amide bonds. The first-order chi connectivity index (χ1) is 10.1. The molecule has 0 aliphatic heterocycles. The number of hydrogen-bond donors (Lipinski definition) is 1. The quantitative estimate of drug-likeness (QED) is 0.790. The van der Waals surface area contributed by atoms with Crippen LogP contribution in [0.2, 0.25) is 0 Å². The molecule has 0 spiro atoms. The molecule has 0 saturated heterocycles. The van der Waals surface area contributed by atoms with Gasteiger partial charge in [0.1, 0.15) is 5.56 Å². The zero-order valence-corrected chi connectivity index (χ0v) is 11.4. The number of fused-ring (bicyclic) bond motifs is 1. The van der Waals surface area contributed by atoms with Crippen LogP contribution in [0.25, 0.3) is 10.9 Å². The molecule has 6 heteroatoms. The number of hydrogen-bond acceptors (Lipinski definition) is 3. The van der Waals surface area contributed by atoms with Crippen molar-refractivity contribution in [2.24, 2.45) is 7.05 Å². The summed E-state index contributed by atoms with van der Waals surface area (Å²) < 4.78 is 3.39. The van der Waals surface area contributed by atoms with Crippen molar-refractivity contribution < 1.29 is 9.90 Å². The molecular formula is C15H13N3O3. The molecule has 3 rings (SSSR count). The Balaban J connectivity index is 2.16. The van der Waals surface area contributed by atoms with Gasteiger partial charge in [0.25, 0.3) is 0 Å². The highest BCUT2D eigenvalue weighted by atomic mass is 16.4. The molecule has 21 heavy (non-hydrogen) atoms. The summed E-state index contributed by atoms with van der Waals surface area (Å²) in [4.78, 5) is 23.1. The molecule has 106 valence electrons. The molecule has 1 aromatic carbocycles. The molecule has 0 bridgehead atoms. The van der Waals surface area contributed by atoms with Crippen LogP contribution >= 0.6 is 0 Å². The topological polar surface area (TPSA) is 77.1 Å². The van der Waals surface area contributed by atoms with Gasteiger partial charge in [0.05, 0.1) is 24.0 Å². The van der Waals surface area contributed by atoms with Gasteiger partial charge < -0.3 is 9.67 Å². The standard InChI is InChI=1S/C15H13N3O3/c1-17-13(11(8-16-17)15(20)21)9-18-7-6-14(19)10-4-2-3-5-12(10)18/h2-8H,9H2,1H3,(H,20,21). The monoisotopic (exact) mass is 283 g/mol. The second kappa shape index (κ2) is 4.90. The Morgan fingerprint density at radius 2 is 2.05 bits per heavy atom. The number of aryl methyl sites for hydroxylation is 1. The Morgan fingerprint density at radius 3 is 2.81 bits per heavy atom. The number of rotatable bonds is 3. The van der Waals surface area contributed by atoms with E-state index in [-0.39, 0.29) is 11.0 Å². The van der Waals surface area contributed by atoms with Gasteiger partial charge in [0, 0.05) is 24.7 Å². The first kappa shape index (κ1) is 13.1. The molecule has 2 aromatic heterocycles. The number of aromatic carboxylic acids is 1. The van der Waals surface area contributed by atoms with E-state index < -0.39 is 5.97 Å². The van der Waals surface area contributed by atoms with Crippen LogP contribution in [0.3, 0.4) is 0 Å². The highest BCUT2D eigenvalue weighted by Crippen LogP contribution is 2.14. The number of nitrogens with zero attached hydrogens (tertiary/aromatic N) is 3. The fraction of sp³-hybridized carbons (Fsp3) is 0.133. The second-order valence-electron chi connectivity index (χ2n) is 4.76. The van der Waals surface area contributed by atoms with Crippen LogP contribution in [0.15, 0.2) is 47.5 Å². The highest BCUT2D eigenvalue weighted by Gasteiger charge is 2.15. The van der Waals surface area contributed by atoms with E-state index in [1.165, 1.54) is 16.9 Å². The Kier molecular flexibility index (Phi) is 3.06. The fourth-order valence-corrected chi connectivity index (χ4v) is 2.39. The summed E-state index contributed by atoms with van der Waals surface area (Å²) in [5.41, 5.74) is 1.46. The van der Waals surface area contributed by atoms with Gasteiger partial charge in [0.15, 0.2) is 5.43 Å². The molecule has 0 aliphatic rings. The van der Waals surface area contributed by atoms with Gasteiger partial charge in [-0.05, 0) is 12.1 Å². The van der Waals surface area contributed by atoms with Crippen molar-refractivity contribution in [1.82, 2.24) is 14.3 Å². The van der Waals surface area contributed by atoms with Crippen LogP contribution in [0.1, 0.15) is 16.1 Å². The first-order valence-electron chi connectivity index (χ1n) is 6.40. The summed E-state index contributed by atoms with van der Waals surface area (Å²) >= 11 is 0. The Morgan fingerprint density at radius 1 is 1.29 bits per heavy atom. The number of carboxylic acid groups (broad SMARTS) is 1. The van der Waals surface area contributed by atoms with Gasteiger partial charge in [-0.2, -0.15) is 5.10 Å². The molecular weight excluding hydrogens is 270 g/mol. The van der Waals surface area contributed by atoms with E-state index in [1.807, 2.05) is 16.7 Å². The van der Waals surface area contributed by atoms with Crippen molar-refractivity contribution in [3.63, 3.8) is 0 Å². The van der Waals surface area contributed by atoms with E-state index in [1.54, 1.807) is 25.4 Å². The smallest absolute Gasteiger partial charge is 0.339 e. The van der Waals surface area contributed by atoms with Crippen LogP contribution in [-0.2, 0) is 13.6 Å². The van der Waals surface area contributed by atoms with E-state index in [4.69, 9.17) is 0 Å². The summed E-state index contributed by atoms with van der Waals surface area (Å²) in [7, 11) is 1.70. The maximum atomic E-state index is 11.9. The molecule has 0 saturated carbocycles. The maximum absolute atomic E-state index is 11.9. The molecule has 1 N–H and O–H groups in total. The third kappa shape index (κ3) is 2.20. The van der Waals surface area contributed by atoms with Crippen LogP contribution < -0.4 is 5.43 Å². The minimum atomic E-state index is -1.01. The Hall–Kier alpha value is -2.89. The van der Waals surface area contributed by atoms with Crippen molar-refractivity contribution in [2.75, 3.05) is 0 Å². The molecule has 0 fully saturated rings. The van der Waals surface area contributed by atoms with E-state index >= 15 is 0 Å². The lowest BCUT2D eigenvalue weighted by Crippen LogP contribution is -2.13. The molecule has 0 unspecified atom stereocenters. The fourth-order valence-electron chi connectivity index (χ4n) is 2.39. The summed E-state index contributed by atoms with van der Waals surface area (Å²) in [5, 5.41) is 13.8. The minimum absolute atomic E-state index is 0.0506. The molecule has 6 nitrogen and oxygen atoms in total. The zero-order chi connectivity index (χ0) is 15.0. The van der Waals surface area contributed by atoms with Crippen molar-refractivity contribution in [1.29, 1.82) is 0 Å². The Bertz CT molecular complexity index is 893. The van der Waals surface area contributed by atoms with Crippen molar-refractivity contribution in [3.05, 3.63) is 64.2 Å². The SMILES string of the molecule is Cn1ncc(C(=O)O)c1Cn1ccc(=O)c2ccccc21. The lowest BCUT2D eigenvalue weighted by Gasteiger charge is -2.11. The summed E-state index contributed by atoms with van der Waals surface area (Å²) in [6, 6.07) is 8.74. The number of carboxylic acids is 1. The van der Waals surface area contributed by atoms with E-state index in [9.17, 15) is 14.7 Å². The van der Waals surface area contributed by atoms with Gasteiger partial charge in [-0.15, -0.1) is 0 Å². The van der Waals surface area contributed by atoms with Crippen LogP contribution in [-0.4, -0.2) is 25.4 Å². The molecule has 0 radical (unpaired) electrons. The largest absolute Gasteiger partial charge is 0.478 e. The number of pyridine rings is 1. The van der Waals surface area contributed by atoms with Gasteiger partial charge in [-0.25, -0.2) is 4.79 Å². The van der Waals surface area contributed by atoms with E-state index in [2.05, 4.69) is 5.10 Å². The molecule has 3 aromatic rings. The predicted octanol–water partition coefficient (Wildman–Crippen LogP) is 1.48. The van der Waals surface area contributed by atoms with Gasteiger partial charge in [-0.1, -0.05) is 12.1 Å². The van der Waals surface area contributed by atoms with Gasteiger partial charge >= 0.3 is 5.97 Å². The molecule has 2 heterocycles. The van der Waals surface area contributed by atoms with Crippen LogP contribution in [0.4, 0.5) is 0 Å². The predicted molar refractivity (Wildman–Crippen MR) is 77.5 cm³/mol. The minimum Gasteiger partial charge on any atom is -0.478 e.